The molecule has 0 atom stereocenters. The fourth-order valence-electron chi connectivity index (χ4n) is 6.88. The maximum atomic E-state index is 12.7. The topological polar surface area (TPSA) is 339 Å². The summed E-state index contributed by atoms with van der Waals surface area (Å²) < 4.78 is 71.2. The highest BCUT2D eigenvalue weighted by molar-refractivity contribution is 7.86. The number of hydrogen-bond acceptors (Lipinski definition) is 19. The van der Waals surface area contributed by atoms with Gasteiger partial charge in [0.2, 0.25) is 0 Å². The summed E-state index contributed by atoms with van der Waals surface area (Å²) in [5, 5.41) is 68.6. The molecule has 0 fully saturated rings. The Labute approximate surface area is 399 Å². The average molecular weight is 985 g/mol. The second kappa shape index (κ2) is 19.8. The second-order valence-corrected chi connectivity index (χ2v) is 18.1. The molecule has 7 rings (SSSR count). The molecule has 356 valence electrons. The SMILES string of the molecule is C=NN(Nc1ccc(N=Nc2c(C)cc(N=Nc3cc(C)c(N=Nc4c(S(=O)(=O)O)cc5c(S(=O)(=O)O)c(N=Nc6ccc(N)cc6)ccc5c4O)cc3C)cc2C)cc1)c1ccc(O)c(C(=O)O)c1. The fraction of sp³-hybridized carbons (Fsp3) is 0.0870. The van der Waals surface area contributed by atoms with Crippen molar-refractivity contribution in [2.24, 2.45) is 46.0 Å². The predicted octanol–water partition coefficient (Wildman–Crippen LogP) is 12.4. The van der Waals surface area contributed by atoms with Gasteiger partial charge in [-0.3, -0.25) is 14.5 Å². The number of carbonyl (C=O) groups is 1. The van der Waals surface area contributed by atoms with Gasteiger partial charge in [0.05, 0.1) is 45.5 Å². The first-order valence-corrected chi connectivity index (χ1v) is 23.2. The number of aromatic carboxylic acids is 1. The van der Waals surface area contributed by atoms with Crippen molar-refractivity contribution in [3.8, 4) is 11.5 Å². The van der Waals surface area contributed by atoms with E-state index < -0.39 is 58.5 Å². The standard InChI is InChI=1S/C46H40N12O10S2/c1-24-21-39(54-56-43-41(69(63,64)65)23-35-34(44(43)60)15-16-37(45(35)70(66,67)68)52-49-29-8-6-28(47)7-9-29)25(2)20-38(24)53-51-32-18-26(3)42(27(4)19-32)55-50-30-10-12-31(13-11-30)57-58(48-5)33-14-17-40(59)36(22-33)46(61)62/h6-23,57,59-60H,5,47H2,1-4H3,(H,61,62)(H,63,64,65)(H,66,67,68). The molecule has 0 amide bonds. The third-order valence-electron chi connectivity index (χ3n) is 10.4. The molecule has 22 nitrogen and oxygen atoms in total. The summed E-state index contributed by atoms with van der Waals surface area (Å²) in [6, 6.07) is 26.8. The van der Waals surface area contributed by atoms with Crippen molar-refractivity contribution in [3.05, 3.63) is 137 Å². The lowest BCUT2D eigenvalue weighted by Crippen LogP contribution is -2.23. The molecule has 0 saturated heterocycles. The number of azo groups is 4. The number of phenols is 2. The Balaban J connectivity index is 1.09. The molecule has 0 unspecified atom stereocenters. The molecule has 0 spiro atoms. The number of carboxylic acid groups (broad SMARTS) is 1. The van der Waals surface area contributed by atoms with Crippen molar-refractivity contribution in [1.29, 1.82) is 0 Å². The van der Waals surface area contributed by atoms with Crippen LogP contribution in [0.2, 0.25) is 0 Å². The van der Waals surface area contributed by atoms with E-state index in [2.05, 4.69) is 58.2 Å². The van der Waals surface area contributed by atoms with E-state index >= 15 is 0 Å². The number of anilines is 3. The highest BCUT2D eigenvalue weighted by Crippen LogP contribution is 2.46. The van der Waals surface area contributed by atoms with Gasteiger partial charge in [-0.25, -0.2) is 4.79 Å². The Morgan fingerprint density at radius 3 is 1.70 bits per heavy atom. The lowest BCUT2D eigenvalue weighted by atomic mass is 10.1. The summed E-state index contributed by atoms with van der Waals surface area (Å²) in [4.78, 5) is 9.56. The average Bonchev–Trinajstić information content (AvgIpc) is 3.30. The highest BCUT2D eigenvalue weighted by atomic mass is 32.2. The van der Waals surface area contributed by atoms with Gasteiger partial charge in [0.25, 0.3) is 20.2 Å². The number of aryl methyl sites for hydroxylation is 4. The van der Waals surface area contributed by atoms with Crippen molar-refractivity contribution in [3.63, 3.8) is 0 Å². The summed E-state index contributed by atoms with van der Waals surface area (Å²) in [5.41, 5.74) is 13.8. The Morgan fingerprint density at radius 1 is 0.586 bits per heavy atom. The molecule has 8 N–H and O–H groups in total. The number of phenolic OH excluding ortho intramolecular Hbond substituents is 1. The van der Waals surface area contributed by atoms with Crippen LogP contribution in [-0.2, 0) is 20.2 Å². The molecular weight excluding hydrogens is 945 g/mol. The molecule has 70 heavy (non-hydrogen) atoms. The van der Waals surface area contributed by atoms with Crippen LogP contribution in [0.15, 0.2) is 165 Å². The summed E-state index contributed by atoms with van der Waals surface area (Å²) in [5.74, 6) is -2.56. The Morgan fingerprint density at radius 2 is 1.13 bits per heavy atom. The van der Waals surface area contributed by atoms with E-state index in [0.717, 1.165) is 23.3 Å². The molecule has 0 saturated carbocycles. The van der Waals surface area contributed by atoms with Crippen LogP contribution in [0.3, 0.4) is 0 Å². The first-order valence-electron chi connectivity index (χ1n) is 20.3. The van der Waals surface area contributed by atoms with Crippen molar-refractivity contribution in [2.45, 2.75) is 37.5 Å². The maximum Gasteiger partial charge on any atom is 0.339 e. The van der Waals surface area contributed by atoms with E-state index in [0.29, 0.717) is 50.9 Å². The first kappa shape index (κ1) is 49.1. The predicted molar refractivity (Wildman–Crippen MR) is 262 cm³/mol. The van der Waals surface area contributed by atoms with Gasteiger partial charge >= 0.3 is 5.97 Å². The number of carboxylic acids is 1. The van der Waals surface area contributed by atoms with E-state index in [4.69, 9.17) is 5.73 Å². The van der Waals surface area contributed by atoms with Crippen molar-refractivity contribution in [1.82, 2.24) is 0 Å². The Kier molecular flexibility index (Phi) is 13.9. The molecule has 0 aliphatic rings. The second-order valence-electron chi connectivity index (χ2n) is 15.4. The van der Waals surface area contributed by atoms with Crippen LogP contribution in [0.25, 0.3) is 10.8 Å². The van der Waals surface area contributed by atoms with Gasteiger partial charge in [-0.15, -0.1) is 10.2 Å². The first-order chi connectivity index (χ1) is 33.1. The monoisotopic (exact) mass is 984 g/mol. The minimum Gasteiger partial charge on any atom is -0.507 e. The summed E-state index contributed by atoms with van der Waals surface area (Å²) in [6.07, 6.45) is 0. The largest absolute Gasteiger partial charge is 0.507 e. The van der Waals surface area contributed by atoms with Crippen LogP contribution >= 0.6 is 0 Å². The highest BCUT2D eigenvalue weighted by Gasteiger charge is 2.28. The molecule has 0 aliphatic heterocycles. The van der Waals surface area contributed by atoms with E-state index in [-0.39, 0.29) is 28.1 Å². The third-order valence-corrected chi connectivity index (χ3v) is 12.2. The number of benzene rings is 7. The normalized spacial score (nSPS) is 12.2. The van der Waals surface area contributed by atoms with Gasteiger partial charge < -0.3 is 21.1 Å². The van der Waals surface area contributed by atoms with Crippen molar-refractivity contribution < 1.29 is 46.1 Å². The number of hydrazone groups is 1. The summed E-state index contributed by atoms with van der Waals surface area (Å²) in [7, 11) is -10.4. The number of hydrogen-bond donors (Lipinski definition) is 7. The Bertz CT molecular complexity index is 3580. The molecular formula is C46H40N12O10S2. The summed E-state index contributed by atoms with van der Waals surface area (Å²) in [6.45, 7) is 10.6. The van der Waals surface area contributed by atoms with Crippen LogP contribution in [0.1, 0.15) is 32.6 Å². The number of nitrogen functional groups attached to an aromatic ring is 1. The summed E-state index contributed by atoms with van der Waals surface area (Å²) >= 11 is 0. The van der Waals surface area contributed by atoms with Crippen LogP contribution in [0.5, 0.6) is 11.5 Å². The van der Waals surface area contributed by atoms with E-state index in [1.165, 1.54) is 53.6 Å². The van der Waals surface area contributed by atoms with Gasteiger partial charge in [-0.05, 0) is 159 Å². The number of nitrogens with zero attached hydrogens (tertiary/aromatic N) is 10. The Hall–Kier alpha value is -8.84. The lowest BCUT2D eigenvalue weighted by Gasteiger charge is -2.21. The number of nitrogens with two attached hydrogens (primary N) is 1. The van der Waals surface area contributed by atoms with E-state index in [1.807, 2.05) is 13.8 Å². The molecule has 0 aliphatic carbocycles. The smallest absolute Gasteiger partial charge is 0.339 e. The van der Waals surface area contributed by atoms with Gasteiger partial charge in [-0.2, -0.15) is 57.7 Å². The van der Waals surface area contributed by atoms with Crippen LogP contribution in [0.4, 0.5) is 62.6 Å². The number of fused-ring (bicyclic) bond motifs is 1. The minimum atomic E-state index is -5.21. The van der Waals surface area contributed by atoms with Crippen LogP contribution in [0, 0.1) is 27.7 Å². The van der Waals surface area contributed by atoms with Gasteiger partial charge in [0.15, 0.2) is 5.75 Å². The zero-order valence-electron chi connectivity index (χ0n) is 37.2. The maximum absolute atomic E-state index is 12.7. The molecule has 0 heterocycles. The number of hydrazine groups is 1. The van der Waals surface area contributed by atoms with E-state index in [1.54, 1.807) is 62.4 Å². The minimum absolute atomic E-state index is 0.225. The number of aromatic hydroxyl groups is 2. The molecule has 0 bridgehead atoms. The quantitative estimate of drug-likeness (QED) is 0.0165. The molecule has 7 aromatic carbocycles. The number of rotatable bonds is 15. The fourth-order valence-corrected chi connectivity index (χ4v) is 8.35. The van der Waals surface area contributed by atoms with Crippen molar-refractivity contribution in [2.75, 3.05) is 16.3 Å². The molecule has 0 aromatic heterocycles. The lowest BCUT2D eigenvalue weighted by molar-refractivity contribution is 0.0693. The third kappa shape index (κ3) is 11.0. The van der Waals surface area contributed by atoms with Gasteiger partial charge in [0.1, 0.15) is 32.5 Å². The zero-order chi connectivity index (χ0) is 50.7. The molecule has 7 aromatic rings. The molecule has 0 radical (unpaired) electrons. The van der Waals surface area contributed by atoms with Crippen LogP contribution < -0.4 is 16.3 Å². The van der Waals surface area contributed by atoms with Gasteiger partial charge in [0, 0.05) is 23.2 Å². The zero-order valence-corrected chi connectivity index (χ0v) is 38.9. The van der Waals surface area contributed by atoms with Gasteiger partial charge in [-0.1, -0.05) is 0 Å². The van der Waals surface area contributed by atoms with Crippen molar-refractivity contribution >= 4 is 106 Å². The van der Waals surface area contributed by atoms with Crippen LogP contribution in [-0.4, -0.2) is 53.9 Å². The number of nitrogens with one attached hydrogen (secondary N) is 1. The molecule has 24 heteroatoms. The van der Waals surface area contributed by atoms with E-state index in [9.17, 15) is 46.1 Å².